The van der Waals surface area contributed by atoms with Gasteiger partial charge in [-0.05, 0) is 29.9 Å². The normalized spacial score (nSPS) is 34.1. The first-order valence-electron chi connectivity index (χ1n) is 3.27. The van der Waals surface area contributed by atoms with Gasteiger partial charge in [0.2, 0.25) is 0 Å². The Morgan fingerprint density at radius 1 is 1.62 bits per heavy atom. The van der Waals surface area contributed by atoms with Crippen molar-refractivity contribution in [2.45, 2.75) is 26.7 Å². The summed E-state index contributed by atoms with van der Waals surface area (Å²) in [6.45, 7) is 4.66. The number of thiol groups is 1. The minimum Gasteiger partial charge on any atom is -0.179 e. The van der Waals surface area contributed by atoms with E-state index in [2.05, 4.69) is 26.5 Å². The van der Waals surface area contributed by atoms with Crippen LogP contribution >= 0.6 is 12.6 Å². The summed E-state index contributed by atoms with van der Waals surface area (Å²) in [5.74, 6) is 1.97. The second-order valence-corrected chi connectivity index (χ2v) is 3.77. The van der Waals surface area contributed by atoms with E-state index in [1.54, 1.807) is 0 Å². The van der Waals surface area contributed by atoms with Crippen molar-refractivity contribution in [1.29, 1.82) is 0 Å². The third-order valence-corrected chi connectivity index (χ3v) is 2.90. The first kappa shape index (κ1) is 6.47. The van der Waals surface area contributed by atoms with Gasteiger partial charge < -0.3 is 0 Å². The second-order valence-electron chi connectivity index (χ2n) is 3.41. The van der Waals surface area contributed by atoms with Crippen molar-refractivity contribution in [2.24, 2.45) is 11.3 Å². The molecule has 1 rings (SSSR count). The maximum absolute atomic E-state index is 4.26. The summed E-state index contributed by atoms with van der Waals surface area (Å²) in [5, 5.41) is 0. The summed E-state index contributed by atoms with van der Waals surface area (Å²) in [6.07, 6.45) is 2.80. The van der Waals surface area contributed by atoms with Crippen LogP contribution in [0.1, 0.15) is 26.7 Å². The third-order valence-electron chi connectivity index (χ3n) is 2.46. The first-order valence-corrected chi connectivity index (χ1v) is 3.91. The molecule has 1 fully saturated rings. The van der Waals surface area contributed by atoms with E-state index in [1.807, 2.05) is 0 Å². The molecule has 1 unspecified atom stereocenters. The van der Waals surface area contributed by atoms with E-state index in [9.17, 15) is 0 Å². The van der Waals surface area contributed by atoms with Crippen molar-refractivity contribution >= 4 is 12.6 Å². The number of hydrogen-bond acceptors (Lipinski definition) is 1. The van der Waals surface area contributed by atoms with Crippen molar-refractivity contribution < 1.29 is 0 Å². The van der Waals surface area contributed by atoms with Crippen LogP contribution in [0.4, 0.5) is 0 Å². The Labute approximate surface area is 57.1 Å². The molecule has 0 heterocycles. The number of hydrogen-bond donors (Lipinski definition) is 1. The van der Waals surface area contributed by atoms with Gasteiger partial charge in [-0.15, -0.1) is 0 Å². The Balaban J connectivity index is 2.37. The van der Waals surface area contributed by atoms with Gasteiger partial charge in [-0.25, -0.2) is 0 Å². The zero-order valence-electron chi connectivity index (χ0n) is 5.65. The molecule has 1 aliphatic carbocycles. The summed E-state index contributed by atoms with van der Waals surface area (Å²) < 4.78 is 0. The van der Waals surface area contributed by atoms with Gasteiger partial charge in [0.15, 0.2) is 0 Å². The average molecular weight is 130 g/mol. The van der Waals surface area contributed by atoms with Crippen molar-refractivity contribution in [3.63, 3.8) is 0 Å². The highest BCUT2D eigenvalue weighted by molar-refractivity contribution is 7.80. The molecule has 1 atom stereocenters. The quantitative estimate of drug-likeness (QED) is 0.517. The van der Waals surface area contributed by atoms with Gasteiger partial charge in [-0.3, -0.25) is 0 Å². The second kappa shape index (κ2) is 1.94. The summed E-state index contributed by atoms with van der Waals surface area (Å²) in [7, 11) is 0. The molecule has 0 spiro atoms. The molecule has 1 aliphatic rings. The fraction of sp³-hybridized carbons (Fsp3) is 1.00. The predicted molar refractivity (Wildman–Crippen MR) is 40.4 cm³/mol. The first-order chi connectivity index (χ1) is 3.67. The lowest BCUT2D eigenvalue weighted by Gasteiger charge is -2.43. The predicted octanol–water partition coefficient (Wildman–Crippen LogP) is 2.35. The summed E-state index contributed by atoms with van der Waals surface area (Å²) in [4.78, 5) is 0. The molecule has 0 saturated heterocycles. The van der Waals surface area contributed by atoms with E-state index in [-0.39, 0.29) is 0 Å². The van der Waals surface area contributed by atoms with Gasteiger partial charge in [0, 0.05) is 0 Å². The molecule has 0 aliphatic heterocycles. The summed E-state index contributed by atoms with van der Waals surface area (Å²) >= 11 is 4.26. The van der Waals surface area contributed by atoms with E-state index in [0.717, 1.165) is 11.7 Å². The fourth-order valence-corrected chi connectivity index (χ4v) is 1.94. The maximum Gasteiger partial charge on any atom is -0.00644 e. The molecular formula is C7H14S. The highest BCUT2D eigenvalue weighted by atomic mass is 32.1. The van der Waals surface area contributed by atoms with Gasteiger partial charge in [0.05, 0.1) is 0 Å². The minimum absolute atomic E-state index is 0.613. The van der Waals surface area contributed by atoms with Gasteiger partial charge in [0.25, 0.3) is 0 Å². The Morgan fingerprint density at radius 2 is 2.25 bits per heavy atom. The van der Waals surface area contributed by atoms with Crippen LogP contribution in [0.5, 0.6) is 0 Å². The third kappa shape index (κ3) is 0.883. The van der Waals surface area contributed by atoms with Crippen LogP contribution in [0, 0.1) is 11.3 Å². The molecule has 0 radical (unpaired) electrons. The van der Waals surface area contributed by atoms with Crippen molar-refractivity contribution in [2.75, 3.05) is 5.75 Å². The lowest BCUT2D eigenvalue weighted by molar-refractivity contribution is 0.0937. The molecule has 0 bridgehead atoms. The topological polar surface area (TPSA) is 0 Å². The zero-order valence-corrected chi connectivity index (χ0v) is 6.54. The minimum atomic E-state index is 0.613. The SMILES string of the molecule is CC1(C)CCC1CS. The Kier molecular flexibility index (Phi) is 1.57. The molecule has 0 aromatic carbocycles. The smallest absolute Gasteiger partial charge is 0.00644 e. The molecule has 0 amide bonds. The van der Waals surface area contributed by atoms with Crippen molar-refractivity contribution in [3.05, 3.63) is 0 Å². The van der Waals surface area contributed by atoms with Gasteiger partial charge >= 0.3 is 0 Å². The molecule has 1 saturated carbocycles. The number of rotatable bonds is 1. The molecule has 1 heteroatoms. The van der Waals surface area contributed by atoms with E-state index < -0.39 is 0 Å². The van der Waals surface area contributed by atoms with E-state index >= 15 is 0 Å². The maximum atomic E-state index is 4.26. The Hall–Kier alpha value is 0.350. The molecule has 0 aromatic heterocycles. The summed E-state index contributed by atoms with van der Waals surface area (Å²) in [5.41, 5.74) is 0.613. The standard InChI is InChI=1S/C7H14S/c1-7(2)4-3-6(7)5-8/h6,8H,3-5H2,1-2H3. The summed E-state index contributed by atoms with van der Waals surface area (Å²) in [6, 6.07) is 0. The molecule has 0 nitrogen and oxygen atoms in total. The van der Waals surface area contributed by atoms with Crippen LogP contribution in [0.25, 0.3) is 0 Å². The van der Waals surface area contributed by atoms with Gasteiger partial charge in [-0.1, -0.05) is 13.8 Å². The molecule has 8 heavy (non-hydrogen) atoms. The van der Waals surface area contributed by atoms with Crippen LogP contribution < -0.4 is 0 Å². The zero-order chi connectivity index (χ0) is 6.20. The van der Waals surface area contributed by atoms with Crippen LogP contribution in [-0.2, 0) is 0 Å². The van der Waals surface area contributed by atoms with Crippen molar-refractivity contribution in [3.8, 4) is 0 Å². The molecule has 0 aromatic rings. The molecule has 48 valence electrons. The lowest BCUT2D eigenvalue weighted by Crippen LogP contribution is -2.35. The largest absolute Gasteiger partial charge is 0.179 e. The Bertz CT molecular complexity index is 84.4. The van der Waals surface area contributed by atoms with E-state index in [0.29, 0.717) is 5.41 Å². The van der Waals surface area contributed by atoms with Gasteiger partial charge in [-0.2, -0.15) is 12.6 Å². The van der Waals surface area contributed by atoms with E-state index in [1.165, 1.54) is 12.8 Å². The van der Waals surface area contributed by atoms with Gasteiger partial charge in [0.1, 0.15) is 0 Å². The van der Waals surface area contributed by atoms with Crippen LogP contribution in [0.15, 0.2) is 0 Å². The lowest BCUT2D eigenvalue weighted by atomic mass is 9.63. The van der Waals surface area contributed by atoms with Crippen LogP contribution in [0.3, 0.4) is 0 Å². The Morgan fingerprint density at radius 3 is 2.25 bits per heavy atom. The fourth-order valence-electron chi connectivity index (χ4n) is 1.26. The van der Waals surface area contributed by atoms with Crippen LogP contribution in [-0.4, -0.2) is 5.75 Å². The highest BCUT2D eigenvalue weighted by Gasteiger charge is 2.36. The highest BCUT2D eigenvalue weighted by Crippen LogP contribution is 2.46. The van der Waals surface area contributed by atoms with Crippen molar-refractivity contribution in [1.82, 2.24) is 0 Å². The van der Waals surface area contributed by atoms with E-state index in [4.69, 9.17) is 0 Å². The monoisotopic (exact) mass is 130 g/mol. The van der Waals surface area contributed by atoms with Crippen LogP contribution in [0.2, 0.25) is 0 Å². The molecule has 0 N–H and O–H groups in total. The molecular weight excluding hydrogens is 116 g/mol. The average Bonchev–Trinajstić information content (AvgIpc) is 1.66.